The van der Waals surface area contributed by atoms with Gasteiger partial charge in [-0.2, -0.15) is 0 Å². The molecule has 1 aromatic carbocycles. The van der Waals surface area contributed by atoms with Gasteiger partial charge in [0, 0.05) is 0 Å². The number of benzene rings is 1. The molecule has 0 aliphatic heterocycles. The monoisotopic (exact) mass is 292 g/mol. The highest BCUT2D eigenvalue weighted by Gasteiger charge is 2.19. The van der Waals surface area contributed by atoms with Crippen molar-refractivity contribution in [2.24, 2.45) is 0 Å². The number of hydrogen-bond donors (Lipinski definition) is 1. The van der Waals surface area contributed by atoms with Gasteiger partial charge in [0.2, 0.25) is 0 Å². The minimum atomic E-state index is -1.38. The SMILES string of the molecule is C=CCOC(=O)C(=Cc1ccc(OC)c(OC)c1)C(=O)O. The van der Waals surface area contributed by atoms with Gasteiger partial charge in [-0.05, 0) is 23.8 Å². The molecule has 0 unspecified atom stereocenters. The fourth-order valence-corrected chi connectivity index (χ4v) is 1.53. The van der Waals surface area contributed by atoms with E-state index >= 15 is 0 Å². The van der Waals surface area contributed by atoms with Crippen LogP contribution in [0.1, 0.15) is 5.56 Å². The van der Waals surface area contributed by atoms with Gasteiger partial charge < -0.3 is 19.3 Å². The Morgan fingerprint density at radius 3 is 2.43 bits per heavy atom. The van der Waals surface area contributed by atoms with Gasteiger partial charge in [-0.1, -0.05) is 18.7 Å². The second-order valence-corrected chi connectivity index (χ2v) is 3.86. The molecule has 0 saturated carbocycles. The summed E-state index contributed by atoms with van der Waals surface area (Å²) in [5.74, 6) is -1.38. The highest BCUT2D eigenvalue weighted by atomic mass is 16.5. The van der Waals surface area contributed by atoms with Crippen LogP contribution in [0.5, 0.6) is 11.5 Å². The molecule has 1 rings (SSSR count). The minimum Gasteiger partial charge on any atom is -0.493 e. The summed E-state index contributed by atoms with van der Waals surface area (Å²) in [5, 5.41) is 9.08. The van der Waals surface area contributed by atoms with Crippen molar-refractivity contribution in [3.63, 3.8) is 0 Å². The van der Waals surface area contributed by atoms with E-state index in [0.717, 1.165) is 0 Å². The van der Waals surface area contributed by atoms with Crippen LogP contribution in [0.25, 0.3) is 6.08 Å². The van der Waals surface area contributed by atoms with Gasteiger partial charge >= 0.3 is 11.9 Å². The number of hydrogen-bond acceptors (Lipinski definition) is 5. The molecule has 1 aromatic rings. The van der Waals surface area contributed by atoms with E-state index < -0.39 is 17.5 Å². The Kier molecular flexibility index (Phi) is 6.00. The molecule has 0 aliphatic rings. The average molecular weight is 292 g/mol. The summed E-state index contributed by atoms with van der Waals surface area (Å²) in [6, 6.07) is 4.77. The summed E-state index contributed by atoms with van der Waals surface area (Å²) in [6.45, 7) is 3.33. The summed E-state index contributed by atoms with van der Waals surface area (Å²) in [5.41, 5.74) is -0.00956. The number of ether oxygens (including phenoxy) is 3. The van der Waals surface area contributed by atoms with Crippen LogP contribution in [0.2, 0.25) is 0 Å². The van der Waals surface area contributed by atoms with Crippen LogP contribution in [-0.2, 0) is 14.3 Å². The van der Waals surface area contributed by atoms with Crippen LogP contribution in [-0.4, -0.2) is 37.9 Å². The van der Waals surface area contributed by atoms with E-state index in [1.165, 1.54) is 26.4 Å². The van der Waals surface area contributed by atoms with Crippen molar-refractivity contribution in [3.05, 3.63) is 42.0 Å². The number of carboxylic acid groups (broad SMARTS) is 1. The number of aliphatic carboxylic acids is 1. The molecular formula is C15H16O6. The Balaban J connectivity index is 3.13. The zero-order valence-corrected chi connectivity index (χ0v) is 11.8. The zero-order valence-electron chi connectivity index (χ0n) is 11.8. The molecule has 0 saturated heterocycles. The van der Waals surface area contributed by atoms with E-state index in [0.29, 0.717) is 17.1 Å². The third kappa shape index (κ3) is 4.38. The molecule has 6 nitrogen and oxygen atoms in total. The van der Waals surface area contributed by atoms with Crippen LogP contribution >= 0.6 is 0 Å². The van der Waals surface area contributed by atoms with Crippen LogP contribution < -0.4 is 9.47 Å². The van der Waals surface area contributed by atoms with Crippen LogP contribution in [0, 0.1) is 0 Å². The predicted octanol–water partition coefficient (Wildman–Crippen LogP) is 1.90. The van der Waals surface area contributed by atoms with E-state index in [2.05, 4.69) is 6.58 Å². The van der Waals surface area contributed by atoms with Crippen LogP contribution in [0.3, 0.4) is 0 Å². The fraction of sp³-hybridized carbons (Fsp3) is 0.200. The first-order valence-electron chi connectivity index (χ1n) is 5.98. The van der Waals surface area contributed by atoms with Gasteiger partial charge in [0.25, 0.3) is 0 Å². The maximum Gasteiger partial charge on any atom is 0.345 e. The Hall–Kier alpha value is -2.76. The largest absolute Gasteiger partial charge is 0.493 e. The molecule has 0 fully saturated rings. The molecular weight excluding hydrogens is 276 g/mol. The summed E-state index contributed by atoms with van der Waals surface area (Å²) in [7, 11) is 2.95. The highest BCUT2D eigenvalue weighted by molar-refractivity contribution is 6.17. The molecule has 0 spiro atoms. The van der Waals surface area contributed by atoms with Gasteiger partial charge in [-0.15, -0.1) is 0 Å². The summed E-state index contributed by atoms with van der Waals surface area (Å²) in [6.07, 6.45) is 2.56. The van der Waals surface area contributed by atoms with Crippen molar-refractivity contribution in [3.8, 4) is 11.5 Å². The molecule has 0 heterocycles. The minimum absolute atomic E-state index is 0.0601. The maximum atomic E-state index is 11.7. The smallest absolute Gasteiger partial charge is 0.345 e. The van der Waals surface area contributed by atoms with Crippen molar-refractivity contribution in [1.29, 1.82) is 0 Å². The topological polar surface area (TPSA) is 82.1 Å². The molecule has 6 heteroatoms. The fourth-order valence-electron chi connectivity index (χ4n) is 1.53. The summed E-state index contributed by atoms with van der Waals surface area (Å²) >= 11 is 0. The Morgan fingerprint density at radius 2 is 1.90 bits per heavy atom. The lowest BCUT2D eigenvalue weighted by molar-refractivity contribution is -0.143. The second-order valence-electron chi connectivity index (χ2n) is 3.86. The van der Waals surface area contributed by atoms with Crippen LogP contribution in [0.4, 0.5) is 0 Å². The molecule has 0 bridgehead atoms. The summed E-state index contributed by atoms with van der Waals surface area (Å²) in [4.78, 5) is 22.8. The van der Waals surface area contributed by atoms with E-state index in [1.54, 1.807) is 18.2 Å². The van der Waals surface area contributed by atoms with Gasteiger partial charge in [0.1, 0.15) is 12.2 Å². The molecule has 1 N–H and O–H groups in total. The third-order valence-electron chi connectivity index (χ3n) is 2.50. The molecule has 0 atom stereocenters. The van der Waals surface area contributed by atoms with Gasteiger partial charge in [0.15, 0.2) is 11.5 Å². The summed E-state index contributed by atoms with van der Waals surface area (Å²) < 4.78 is 14.9. The maximum absolute atomic E-state index is 11.7. The molecule has 0 radical (unpaired) electrons. The van der Waals surface area contributed by atoms with Crippen molar-refractivity contribution < 1.29 is 28.9 Å². The number of esters is 1. The quantitative estimate of drug-likeness (QED) is 0.272. The number of carbonyl (C=O) groups excluding carboxylic acids is 1. The van der Waals surface area contributed by atoms with Crippen LogP contribution in [0.15, 0.2) is 36.4 Å². The lowest BCUT2D eigenvalue weighted by atomic mass is 10.1. The number of carbonyl (C=O) groups is 2. The molecule has 21 heavy (non-hydrogen) atoms. The first kappa shape index (κ1) is 16.3. The first-order valence-corrected chi connectivity index (χ1v) is 5.98. The lowest BCUT2D eigenvalue weighted by Crippen LogP contribution is -2.15. The molecule has 0 aliphatic carbocycles. The third-order valence-corrected chi connectivity index (χ3v) is 2.50. The van der Waals surface area contributed by atoms with Crippen molar-refractivity contribution in [1.82, 2.24) is 0 Å². The normalized spacial score (nSPS) is 10.7. The van der Waals surface area contributed by atoms with Gasteiger partial charge in [-0.3, -0.25) is 0 Å². The average Bonchev–Trinajstić information content (AvgIpc) is 2.49. The van der Waals surface area contributed by atoms with Gasteiger partial charge in [0.05, 0.1) is 14.2 Å². The number of methoxy groups -OCH3 is 2. The number of rotatable bonds is 7. The lowest BCUT2D eigenvalue weighted by Gasteiger charge is -2.08. The molecule has 0 amide bonds. The Labute approximate surface area is 122 Å². The van der Waals surface area contributed by atoms with Crippen molar-refractivity contribution in [2.45, 2.75) is 0 Å². The van der Waals surface area contributed by atoms with Gasteiger partial charge in [-0.25, -0.2) is 9.59 Å². The number of carboxylic acids is 1. The highest BCUT2D eigenvalue weighted by Crippen LogP contribution is 2.28. The van der Waals surface area contributed by atoms with E-state index in [1.807, 2.05) is 0 Å². The van der Waals surface area contributed by atoms with E-state index in [-0.39, 0.29) is 6.61 Å². The van der Waals surface area contributed by atoms with Crippen molar-refractivity contribution in [2.75, 3.05) is 20.8 Å². The molecule has 0 aromatic heterocycles. The standard InChI is InChI=1S/C15H16O6/c1-4-7-21-15(18)11(14(16)17)8-10-5-6-12(19-2)13(9-10)20-3/h4-6,8-9H,1,7H2,2-3H3,(H,16,17). The first-order chi connectivity index (χ1) is 10.0. The molecule has 112 valence electrons. The Morgan fingerprint density at radius 1 is 1.24 bits per heavy atom. The zero-order chi connectivity index (χ0) is 15.8. The predicted molar refractivity (Wildman–Crippen MR) is 76.3 cm³/mol. The van der Waals surface area contributed by atoms with Crippen molar-refractivity contribution >= 4 is 18.0 Å². The Bertz CT molecular complexity index is 574. The van der Waals surface area contributed by atoms with E-state index in [9.17, 15) is 9.59 Å². The van der Waals surface area contributed by atoms with E-state index in [4.69, 9.17) is 19.3 Å². The second kappa shape index (κ2) is 7.74.